The average molecular weight is 274 g/mol. The summed E-state index contributed by atoms with van der Waals surface area (Å²) in [6.07, 6.45) is 2.78. The van der Waals surface area contributed by atoms with Gasteiger partial charge < -0.3 is 10.6 Å². The Balaban J connectivity index is 2.68. The van der Waals surface area contributed by atoms with E-state index in [1.54, 1.807) is 6.08 Å². The molecule has 0 aromatic heterocycles. The number of rotatable bonds is 8. The molecule has 1 aromatic rings. The van der Waals surface area contributed by atoms with Crippen molar-refractivity contribution in [3.63, 3.8) is 0 Å². The second-order valence-corrected chi connectivity index (χ2v) is 5.30. The van der Waals surface area contributed by atoms with Crippen molar-refractivity contribution in [3.05, 3.63) is 48.0 Å². The number of carbonyl (C=O) groups is 1. The maximum atomic E-state index is 11.9. The molecule has 3 heteroatoms. The van der Waals surface area contributed by atoms with Crippen molar-refractivity contribution in [1.82, 2.24) is 10.6 Å². The lowest BCUT2D eigenvalue weighted by Gasteiger charge is -2.23. The summed E-state index contributed by atoms with van der Waals surface area (Å²) < 4.78 is 0. The highest BCUT2D eigenvalue weighted by molar-refractivity contribution is 5.78. The third-order valence-electron chi connectivity index (χ3n) is 3.30. The van der Waals surface area contributed by atoms with Gasteiger partial charge in [-0.25, -0.2) is 0 Å². The first-order chi connectivity index (χ1) is 9.58. The van der Waals surface area contributed by atoms with Crippen LogP contribution in [0, 0.1) is 5.92 Å². The number of carbonyl (C=O) groups excluding carboxylic acids is 1. The van der Waals surface area contributed by atoms with Crippen molar-refractivity contribution in [3.8, 4) is 0 Å². The molecule has 0 saturated carbocycles. The van der Waals surface area contributed by atoms with Gasteiger partial charge in [0.1, 0.15) is 0 Å². The Bertz CT molecular complexity index is 423. The molecule has 0 aliphatic carbocycles. The van der Waals surface area contributed by atoms with Gasteiger partial charge in [0.15, 0.2) is 0 Å². The highest BCUT2D eigenvalue weighted by Gasteiger charge is 2.17. The van der Waals surface area contributed by atoms with Gasteiger partial charge in [-0.2, -0.15) is 0 Å². The Morgan fingerprint density at radius 2 is 1.95 bits per heavy atom. The Morgan fingerprint density at radius 3 is 2.45 bits per heavy atom. The highest BCUT2D eigenvalue weighted by atomic mass is 16.1. The Morgan fingerprint density at radius 1 is 1.30 bits per heavy atom. The molecular formula is C17H26N2O. The smallest absolute Gasteiger partial charge is 0.234 e. The molecule has 1 unspecified atom stereocenters. The molecule has 1 atom stereocenters. The molecule has 0 aliphatic heterocycles. The summed E-state index contributed by atoms with van der Waals surface area (Å²) in [7, 11) is 0. The molecule has 0 aliphatic rings. The van der Waals surface area contributed by atoms with E-state index in [4.69, 9.17) is 0 Å². The van der Waals surface area contributed by atoms with Gasteiger partial charge in [0.2, 0.25) is 5.91 Å². The summed E-state index contributed by atoms with van der Waals surface area (Å²) in [5, 5.41) is 6.11. The molecule has 0 saturated heterocycles. The van der Waals surface area contributed by atoms with Crippen LogP contribution >= 0.6 is 0 Å². The molecule has 2 N–H and O–H groups in total. The lowest BCUT2D eigenvalue weighted by atomic mass is 9.95. The minimum Gasteiger partial charge on any atom is -0.348 e. The van der Waals surface area contributed by atoms with E-state index < -0.39 is 0 Å². The van der Waals surface area contributed by atoms with Gasteiger partial charge in [0, 0.05) is 6.54 Å². The minimum absolute atomic E-state index is 0.0186. The van der Waals surface area contributed by atoms with Crippen LogP contribution in [0.2, 0.25) is 0 Å². The molecule has 1 rings (SSSR count). The van der Waals surface area contributed by atoms with Crippen LogP contribution in [0.4, 0.5) is 0 Å². The van der Waals surface area contributed by atoms with E-state index in [1.807, 2.05) is 0 Å². The van der Waals surface area contributed by atoms with Gasteiger partial charge in [-0.1, -0.05) is 51.1 Å². The van der Waals surface area contributed by atoms with Crippen molar-refractivity contribution in [1.29, 1.82) is 0 Å². The molecule has 0 heterocycles. The third kappa shape index (κ3) is 5.17. The standard InChI is InChI=1S/C17H26N2O/c1-5-11-18-12-16(20)19-17(13(3)4)15-9-7-14(6-2)8-10-15/h5,7-10,13,17-18H,1,6,11-12H2,2-4H3,(H,19,20). The van der Waals surface area contributed by atoms with Crippen LogP contribution < -0.4 is 10.6 Å². The molecule has 3 nitrogen and oxygen atoms in total. The maximum absolute atomic E-state index is 11.9. The molecule has 0 fully saturated rings. The second kappa shape index (κ2) is 8.54. The van der Waals surface area contributed by atoms with Gasteiger partial charge in [0.25, 0.3) is 0 Å². The van der Waals surface area contributed by atoms with Gasteiger partial charge in [0.05, 0.1) is 12.6 Å². The van der Waals surface area contributed by atoms with Crippen molar-refractivity contribution in [2.24, 2.45) is 5.92 Å². The van der Waals surface area contributed by atoms with E-state index in [0.717, 1.165) is 12.0 Å². The van der Waals surface area contributed by atoms with Crippen LogP contribution in [0.25, 0.3) is 0 Å². The average Bonchev–Trinajstić information content (AvgIpc) is 2.45. The van der Waals surface area contributed by atoms with Crippen LogP contribution in [-0.2, 0) is 11.2 Å². The molecule has 1 aromatic carbocycles. The zero-order valence-corrected chi connectivity index (χ0v) is 12.8. The molecule has 20 heavy (non-hydrogen) atoms. The first-order valence-corrected chi connectivity index (χ1v) is 7.28. The van der Waals surface area contributed by atoms with E-state index in [2.05, 4.69) is 62.2 Å². The van der Waals surface area contributed by atoms with Gasteiger partial charge in [-0.3, -0.25) is 4.79 Å². The quantitative estimate of drug-likeness (QED) is 0.565. The van der Waals surface area contributed by atoms with Gasteiger partial charge in [-0.05, 0) is 23.5 Å². The third-order valence-corrected chi connectivity index (χ3v) is 3.30. The summed E-state index contributed by atoms with van der Waals surface area (Å²) in [6, 6.07) is 8.54. The van der Waals surface area contributed by atoms with Crippen LogP contribution in [0.15, 0.2) is 36.9 Å². The molecule has 0 spiro atoms. The molecule has 110 valence electrons. The number of amides is 1. The van der Waals surface area contributed by atoms with Crippen LogP contribution in [0.3, 0.4) is 0 Å². The fraction of sp³-hybridized carbons (Fsp3) is 0.471. The monoisotopic (exact) mass is 274 g/mol. The molecular weight excluding hydrogens is 248 g/mol. The predicted octanol–water partition coefficient (Wildman–Crippen LogP) is 2.84. The Kier molecular flexibility index (Phi) is 7.02. The van der Waals surface area contributed by atoms with Crippen molar-refractivity contribution in [2.45, 2.75) is 33.2 Å². The summed E-state index contributed by atoms with van der Waals surface area (Å²) in [6.45, 7) is 11.0. The lowest BCUT2D eigenvalue weighted by Crippen LogP contribution is -2.38. The highest BCUT2D eigenvalue weighted by Crippen LogP contribution is 2.22. The van der Waals surface area contributed by atoms with Crippen molar-refractivity contribution in [2.75, 3.05) is 13.1 Å². The molecule has 0 bridgehead atoms. The largest absolute Gasteiger partial charge is 0.348 e. The SMILES string of the molecule is C=CCNCC(=O)NC(c1ccc(CC)cc1)C(C)C. The Hall–Kier alpha value is -1.61. The number of nitrogens with one attached hydrogen (secondary N) is 2. The van der Waals surface area contributed by atoms with E-state index in [1.165, 1.54) is 5.56 Å². The van der Waals surface area contributed by atoms with Gasteiger partial charge >= 0.3 is 0 Å². The van der Waals surface area contributed by atoms with Crippen molar-refractivity contribution >= 4 is 5.91 Å². The lowest BCUT2D eigenvalue weighted by molar-refractivity contribution is -0.121. The fourth-order valence-electron chi connectivity index (χ4n) is 2.11. The van der Waals surface area contributed by atoms with E-state index in [-0.39, 0.29) is 11.9 Å². The predicted molar refractivity (Wildman–Crippen MR) is 84.6 cm³/mol. The normalized spacial score (nSPS) is 12.2. The number of hydrogen-bond donors (Lipinski definition) is 2. The molecule has 1 amide bonds. The van der Waals surface area contributed by atoms with Gasteiger partial charge in [-0.15, -0.1) is 6.58 Å². The minimum atomic E-state index is 0.0186. The molecule has 0 radical (unpaired) electrons. The second-order valence-electron chi connectivity index (χ2n) is 5.30. The number of hydrogen-bond acceptors (Lipinski definition) is 2. The zero-order chi connectivity index (χ0) is 15.0. The zero-order valence-electron chi connectivity index (χ0n) is 12.8. The van der Waals surface area contributed by atoms with E-state index in [9.17, 15) is 4.79 Å². The van der Waals surface area contributed by atoms with Crippen LogP contribution in [0.5, 0.6) is 0 Å². The summed E-state index contributed by atoms with van der Waals surface area (Å²) in [4.78, 5) is 11.9. The topological polar surface area (TPSA) is 41.1 Å². The summed E-state index contributed by atoms with van der Waals surface area (Å²) in [5.74, 6) is 0.371. The first kappa shape index (κ1) is 16.4. The summed E-state index contributed by atoms with van der Waals surface area (Å²) >= 11 is 0. The summed E-state index contributed by atoms with van der Waals surface area (Å²) in [5.41, 5.74) is 2.48. The van der Waals surface area contributed by atoms with E-state index in [0.29, 0.717) is 19.0 Å². The maximum Gasteiger partial charge on any atom is 0.234 e. The van der Waals surface area contributed by atoms with Crippen LogP contribution in [-0.4, -0.2) is 19.0 Å². The Labute approximate surface area is 122 Å². The van der Waals surface area contributed by atoms with Crippen LogP contribution in [0.1, 0.15) is 37.9 Å². The number of aryl methyl sites for hydroxylation is 1. The first-order valence-electron chi connectivity index (χ1n) is 7.28. The van der Waals surface area contributed by atoms with E-state index >= 15 is 0 Å². The van der Waals surface area contributed by atoms with Crippen molar-refractivity contribution < 1.29 is 4.79 Å². The fourth-order valence-corrected chi connectivity index (χ4v) is 2.11. The number of benzene rings is 1.